The first-order valence-electron chi connectivity index (χ1n) is 5.95. The number of carbonyl (C=O) groups excluding carboxylic acids is 1. The number of nitrogens with two attached hydrogens (primary N) is 1. The van der Waals surface area contributed by atoms with Gasteiger partial charge in [-0.25, -0.2) is 0 Å². The van der Waals surface area contributed by atoms with Gasteiger partial charge in [0.15, 0.2) is 0 Å². The highest BCUT2D eigenvalue weighted by atomic mass is 35.5. The summed E-state index contributed by atoms with van der Waals surface area (Å²) in [5.41, 5.74) is 7.01. The highest BCUT2D eigenvalue weighted by Crippen LogP contribution is 2.26. The van der Waals surface area contributed by atoms with Gasteiger partial charge < -0.3 is 11.1 Å². The van der Waals surface area contributed by atoms with E-state index in [4.69, 9.17) is 5.73 Å². The van der Waals surface area contributed by atoms with Crippen LogP contribution in [0.1, 0.15) is 42.1 Å². The Labute approximate surface area is 120 Å². The van der Waals surface area contributed by atoms with Gasteiger partial charge in [0, 0.05) is 9.75 Å². The van der Waals surface area contributed by atoms with Gasteiger partial charge in [-0.2, -0.15) is 0 Å². The number of nitrogens with one attached hydrogen (secondary N) is 1. The molecule has 1 aromatic rings. The van der Waals surface area contributed by atoms with E-state index >= 15 is 0 Å². The average Bonchev–Trinajstić information content (AvgIpc) is 2.56. The molecule has 2 atom stereocenters. The Kier molecular flexibility index (Phi) is 6.89. The number of amides is 1. The number of rotatable bonds is 4. The van der Waals surface area contributed by atoms with Gasteiger partial charge in [0.1, 0.15) is 0 Å². The van der Waals surface area contributed by atoms with Crippen molar-refractivity contribution in [1.82, 2.24) is 5.32 Å². The topological polar surface area (TPSA) is 55.1 Å². The molecule has 0 bridgehead atoms. The summed E-state index contributed by atoms with van der Waals surface area (Å²) in [5.74, 6) is 0.0864. The lowest BCUT2D eigenvalue weighted by molar-refractivity contribution is -0.123. The van der Waals surface area contributed by atoms with Crippen molar-refractivity contribution in [3.05, 3.63) is 21.4 Å². The van der Waals surface area contributed by atoms with Crippen molar-refractivity contribution in [3.63, 3.8) is 0 Å². The molecule has 104 valence electrons. The molecule has 1 heterocycles. The van der Waals surface area contributed by atoms with E-state index < -0.39 is 6.04 Å². The molecular weight excluding hydrogens is 268 g/mol. The predicted octanol–water partition coefficient (Wildman–Crippen LogP) is 2.95. The van der Waals surface area contributed by atoms with Crippen LogP contribution in [0.3, 0.4) is 0 Å². The van der Waals surface area contributed by atoms with Crippen LogP contribution in [0, 0.1) is 19.8 Å². The zero-order valence-electron chi connectivity index (χ0n) is 11.6. The van der Waals surface area contributed by atoms with Gasteiger partial charge in [0.05, 0.1) is 12.1 Å². The van der Waals surface area contributed by atoms with E-state index in [0.29, 0.717) is 0 Å². The molecular formula is C13H23ClN2OS. The van der Waals surface area contributed by atoms with Gasteiger partial charge >= 0.3 is 0 Å². The first-order valence-corrected chi connectivity index (χ1v) is 6.77. The van der Waals surface area contributed by atoms with Crippen molar-refractivity contribution in [2.45, 2.75) is 46.7 Å². The number of hydrogen-bond acceptors (Lipinski definition) is 3. The summed E-state index contributed by atoms with van der Waals surface area (Å²) in [5, 5.41) is 2.97. The highest BCUT2D eigenvalue weighted by Gasteiger charge is 2.20. The second-order valence-corrected chi connectivity index (χ2v) is 6.33. The monoisotopic (exact) mass is 290 g/mol. The maximum absolute atomic E-state index is 11.9. The Morgan fingerprint density at radius 2 is 1.89 bits per heavy atom. The summed E-state index contributed by atoms with van der Waals surface area (Å²) in [4.78, 5) is 14.4. The molecule has 0 saturated heterocycles. The number of thiophene rings is 1. The Morgan fingerprint density at radius 3 is 2.28 bits per heavy atom. The Hall–Kier alpha value is -0.580. The van der Waals surface area contributed by atoms with Gasteiger partial charge in [-0.05, 0) is 38.3 Å². The summed E-state index contributed by atoms with van der Waals surface area (Å²) in [6.07, 6.45) is 0. The second kappa shape index (κ2) is 7.12. The summed E-state index contributed by atoms with van der Waals surface area (Å²) < 4.78 is 0. The minimum Gasteiger partial charge on any atom is -0.348 e. The summed E-state index contributed by atoms with van der Waals surface area (Å²) in [6.45, 7) is 10.1. The quantitative estimate of drug-likeness (QED) is 0.896. The molecule has 0 saturated carbocycles. The Bertz CT molecular complexity index is 404. The lowest BCUT2D eigenvalue weighted by Gasteiger charge is -2.19. The fourth-order valence-electron chi connectivity index (χ4n) is 1.77. The molecule has 5 heteroatoms. The van der Waals surface area contributed by atoms with Crippen molar-refractivity contribution in [1.29, 1.82) is 0 Å². The third-order valence-electron chi connectivity index (χ3n) is 2.93. The van der Waals surface area contributed by atoms with E-state index in [1.807, 2.05) is 20.8 Å². The van der Waals surface area contributed by atoms with Gasteiger partial charge in [0.2, 0.25) is 5.91 Å². The number of halogens is 1. The van der Waals surface area contributed by atoms with Crippen LogP contribution in [-0.4, -0.2) is 11.9 Å². The summed E-state index contributed by atoms with van der Waals surface area (Å²) >= 11 is 1.76. The van der Waals surface area contributed by atoms with Gasteiger partial charge in [0.25, 0.3) is 0 Å². The smallest absolute Gasteiger partial charge is 0.237 e. The van der Waals surface area contributed by atoms with Crippen LogP contribution in [-0.2, 0) is 4.79 Å². The average molecular weight is 291 g/mol. The molecule has 18 heavy (non-hydrogen) atoms. The van der Waals surface area contributed by atoms with Crippen molar-refractivity contribution in [2.75, 3.05) is 0 Å². The van der Waals surface area contributed by atoms with E-state index in [0.717, 1.165) is 0 Å². The van der Waals surface area contributed by atoms with E-state index in [1.165, 1.54) is 15.3 Å². The van der Waals surface area contributed by atoms with Gasteiger partial charge in [-0.3, -0.25) is 4.79 Å². The molecule has 0 aromatic carbocycles. The fraction of sp³-hybridized carbons (Fsp3) is 0.615. The normalized spacial score (nSPS) is 13.9. The van der Waals surface area contributed by atoms with Crippen LogP contribution in [0.4, 0.5) is 0 Å². The van der Waals surface area contributed by atoms with Crippen LogP contribution in [0.2, 0.25) is 0 Å². The molecule has 3 N–H and O–H groups in total. The fourth-order valence-corrected chi connectivity index (χ4v) is 2.79. The largest absolute Gasteiger partial charge is 0.348 e. The van der Waals surface area contributed by atoms with Crippen LogP contribution in [0.5, 0.6) is 0 Å². The minimum atomic E-state index is -0.433. The minimum absolute atomic E-state index is 0. The van der Waals surface area contributed by atoms with Crippen molar-refractivity contribution >= 4 is 29.7 Å². The first-order chi connectivity index (χ1) is 7.82. The van der Waals surface area contributed by atoms with Crippen LogP contribution >= 0.6 is 23.7 Å². The van der Waals surface area contributed by atoms with Crippen LogP contribution < -0.4 is 11.1 Å². The first kappa shape index (κ1) is 17.4. The van der Waals surface area contributed by atoms with Crippen molar-refractivity contribution < 1.29 is 4.79 Å². The van der Waals surface area contributed by atoms with E-state index in [1.54, 1.807) is 11.3 Å². The third-order valence-corrected chi connectivity index (χ3v) is 3.91. The summed E-state index contributed by atoms with van der Waals surface area (Å²) in [7, 11) is 0. The maximum atomic E-state index is 11.9. The molecule has 0 aliphatic carbocycles. The molecule has 0 fully saturated rings. The molecule has 1 amide bonds. The van der Waals surface area contributed by atoms with Crippen molar-refractivity contribution in [2.24, 2.45) is 11.7 Å². The highest BCUT2D eigenvalue weighted by molar-refractivity contribution is 7.12. The van der Waals surface area contributed by atoms with Gasteiger partial charge in [-0.15, -0.1) is 23.7 Å². The Morgan fingerprint density at radius 1 is 1.33 bits per heavy atom. The summed E-state index contributed by atoms with van der Waals surface area (Å²) in [6, 6.07) is 1.72. The number of carbonyl (C=O) groups is 1. The van der Waals surface area contributed by atoms with Crippen LogP contribution in [0.25, 0.3) is 0 Å². The molecule has 2 unspecified atom stereocenters. The van der Waals surface area contributed by atoms with E-state index in [9.17, 15) is 4.79 Å². The number of hydrogen-bond donors (Lipinski definition) is 2. The lowest BCUT2D eigenvalue weighted by Crippen LogP contribution is -2.44. The van der Waals surface area contributed by atoms with Crippen LogP contribution in [0.15, 0.2) is 6.07 Å². The molecule has 1 rings (SSSR count). The SMILES string of the molecule is Cc1cc(C(C)NC(=O)C(N)C(C)C)c(C)s1.Cl. The standard InChI is InChI=1S/C13H22N2OS.ClH/c1-7(2)12(14)13(16)15-9(4)11-6-8(3)17-10(11)5;/h6-7,9,12H,14H2,1-5H3,(H,15,16);1H. The zero-order valence-corrected chi connectivity index (χ0v) is 13.2. The molecule has 0 spiro atoms. The third kappa shape index (κ3) is 4.26. The molecule has 0 aliphatic heterocycles. The second-order valence-electron chi connectivity index (χ2n) is 4.87. The van der Waals surface area contributed by atoms with E-state index in [2.05, 4.69) is 25.2 Å². The number of aryl methyl sites for hydroxylation is 2. The maximum Gasteiger partial charge on any atom is 0.237 e. The molecule has 3 nitrogen and oxygen atoms in total. The van der Waals surface area contributed by atoms with Gasteiger partial charge in [-0.1, -0.05) is 13.8 Å². The van der Waals surface area contributed by atoms with E-state index in [-0.39, 0.29) is 30.3 Å². The lowest BCUT2D eigenvalue weighted by atomic mass is 10.0. The van der Waals surface area contributed by atoms with Crippen molar-refractivity contribution in [3.8, 4) is 0 Å². The predicted molar refractivity (Wildman–Crippen MR) is 80.4 cm³/mol. The molecule has 0 radical (unpaired) electrons. The molecule has 1 aromatic heterocycles. The zero-order chi connectivity index (χ0) is 13.2. The Balaban J connectivity index is 0.00000289. The molecule has 0 aliphatic rings.